The number of hydrogen-bond donors (Lipinski definition) is 1. The van der Waals surface area contributed by atoms with E-state index in [9.17, 15) is 8.60 Å². The van der Waals surface area contributed by atoms with Crippen molar-refractivity contribution < 1.29 is 22.2 Å². The number of halogens is 2. The molecular formula is C22H24F2N6O3S. The summed E-state index contributed by atoms with van der Waals surface area (Å²) in [6.45, 7) is 2.15. The molecule has 0 spiro atoms. The number of aliphatic imine (C=N–C) groups is 1. The highest BCUT2D eigenvalue weighted by Crippen LogP contribution is 2.41. The first kappa shape index (κ1) is 23.7. The van der Waals surface area contributed by atoms with Crippen LogP contribution in [0.3, 0.4) is 0 Å². The van der Waals surface area contributed by atoms with Gasteiger partial charge in [0, 0.05) is 24.2 Å². The van der Waals surface area contributed by atoms with Crippen LogP contribution in [0.1, 0.15) is 19.4 Å². The van der Waals surface area contributed by atoms with E-state index in [4.69, 9.17) is 15.0 Å². The van der Waals surface area contributed by atoms with Crippen molar-refractivity contribution in [3.63, 3.8) is 0 Å². The zero-order valence-corrected chi connectivity index (χ0v) is 19.9. The maximum Gasteiger partial charge on any atom is 0.181 e. The van der Waals surface area contributed by atoms with Gasteiger partial charge in [0.2, 0.25) is 0 Å². The lowest BCUT2D eigenvalue weighted by Gasteiger charge is -2.41. The van der Waals surface area contributed by atoms with Crippen LogP contribution in [0.25, 0.3) is 22.8 Å². The molecule has 0 saturated carbocycles. The molecule has 1 aliphatic heterocycles. The Hall–Kier alpha value is -3.41. The smallest absolute Gasteiger partial charge is 0.181 e. The van der Waals surface area contributed by atoms with Crippen LogP contribution in [0.2, 0.25) is 0 Å². The predicted molar refractivity (Wildman–Crippen MR) is 124 cm³/mol. The Morgan fingerprint density at radius 1 is 1.26 bits per heavy atom. The molecular weight excluding hydrogens is 466 g/mol. The van der Waals surface area contributed by atoms with Gasteiger partial charge in [-0.2, -0.15) is 0 Å². The summed E-state index contributed by atoms with van der Waals surface area (Å²) >= 11 is 0. The Kier molecular flexibility index (Phi) is 5.88. The number of benzene rings is 1. The number of hydrogen-bond acceptors (Lipinski definition) is 9. The van der Waals surface area contributed by atoms with Crippen molar-refractivity contribution in [2.45, 2.75) is 24.1 Å². The third-order valence-electron chi connectivity index (χ3n) is 6.05. The van der Waals surface area contributed by atoms with E-state index in [0.717, 1.165) is 0 Å². The third-order valence-corrected chi connectivity index (χ3v) is 9.32. The summed E-state index contributed by atoms with van der Waals surface area (Å²) in [7, 11) is -0.170. The van der Waals surface area contributed by atoms with Gasteiger partial charge in [-0.25, -0.2) is 27.3 Å². The van der Waals surface area contributed by atoms with Gasteiger partial charge in [0.05, 0.1) is 35.0 Å². The van der Waals surface area contributed by atoms with Gasteiger partial charge in [0.1, 0.15) is 28.6 Å². The minimum absolute atomic E-state index is 0.0459. The quantitative estimate of drug-likeness (QED) is 0.581. The van der Waals surface area contributed by atoms with Gasteiger partial charge >= 0.3 is 0 Å². The Labute approximate surface area is 195 Å². The van der Waals surface area contributed by atoms with Crippen LogP contribution in [0.15, 0.2) is 50.5 Å². The number of nitrogens with zero attached hydrogens (tertiary/aromatic N) is 5. The fourth-order valence-electron chi connectivity index (χ4n) is 3.74. The topological polar surface area (TPSA) is 129 Å². The molecule has 0 saturated heterocycles. The van der Waals surface area contributed by atoms with Gasteiger partial charge in [-0.05, 0) is 32.0 Å². The van der Waals surface area contributed by atoms with Crippen molar-refractivity contribution >= 4 is 15.6 Å². The largest absolute Gasteiger partial charge is 0.494 e. The second-order valence-corrected chi connectivity index (χ2v) is 11.3. The van der Waals surface area contributed by atoms with E-state index in [1.807, 2.05) is 0 Å². The first-order chi connectivity index (χ1) is 16.1. The number of rotatable bonds is 5. The van der Waals surface area contributed by atoms with Gasteiger partial charge in [-0.3, -0.25) is 4.99 Å². The molecule has 4 rings (SSSR count). The summed E-state index contributed by atoms with van der Waals surface area (Å²) in [5.41, 5.74) is 4.98. The van der Waals surface area contributed by atoms with Crippen molar-refractivity contribution in [2.24, 2.45) is 15.1 Å². The number of alkyl halides is 1. The van der Waals surface area contributed by atoms with Gasteiger partial charge in [0.15, 0.2) is 23.0 Å². The predicted octanol–water partition coefficient (Wildman–Crippen LogP) is 3.36. The van der Waals surface area contributed by atoms with E-state index in [2.05, 4.69) is 24.5 Å². The fourth-order valence-corrected chi connectivity index (χ4v) is 6.01. The average Bonchev–Trinajstić information content (AvgIpc) is 3.33. The number of methoxy groups -OCH3 is 1. The van der Waals surface area contributed by atoms with E-state index < -0.39 is 32.5 Å². The highest BCUT2D eigenvalue weighted by atomic mass is 32.2. The van der Waals surface area contributed by atoms with E-state index in [0.29, 0.717) is 22.8 Å². The molecule has 2 atom stereocenters. The molecule has 9 nitrogen and oxygen atoms in total. The average molecular weight is 491 g/mol. The lowest BCUT2D eigenvalue weighted by Crippen LogP contribution is -2.56. The van der Waals surface area contributed by atoms with Crippen LogP contribution in [-0.4, -0.2) is 56.5 Å². The van der Waals surface area contributed by atoms with Crippen LogP contribution in [-0.2, 0) is 15.3 Å². The summed E-state index contributed by atoms with van der Waals surface area (Å²) in [6, 6.07) is 5.61. The second-order valence-electron chi connectivity index (χ2n) is 8.36. The summed E-state index contributed by atoms with van der Waals surface area (Å²) in [5.74, 6) is -0.0157. The van der Waals surface area contributed by atoms with Crippen LogP contribution in [0.5, 0.6) is 5.75 Å². The molecule has 2 aromatic heterocycles. The number of nitrogens with two attached hydrogens (primary N) is 1. The summed E-state index contributed by atoms with van der Waals surface area (Å²) in [4.78, 5) is 12.6. The van der Waals surface area contributed by atoms with Gasteiger partial charge in [-0.15, -0.1) is 0 Å². The molecule has 3 heterocycles. The van der Waals surface area contributed by atoms with Crippen molar-refractivity contribution in [3.05, 3.63) is 48.0 Å². The van der Waals surface area contributed by atoms with Crippen LogP contribution >= 0.6 is 0 Å². The summed E-state index contributed by atoms with van der Waals surface area (Å²) < 4.78 is 56.6. The molecule has 34 heavy (non-hydrogen) atoms. The van der Waals surface area contributed by atoms with E-state index in [1.165, 1.54) is 44.8 Å². The zero-order chi connectivity index (χ0) is 24.7. The molecule has 0 aliphatic carbocycles. The Balaban J connectivity index is 1.79. The monoisotopic (exact) mass is 490 g/mol. The minimum atomic E-state index is -3.06. The van der Waals surface area contributed by atoms with E-state index in [1.54, 1.807) is 19.9 Å². The minimum Gasteiger partial charge on any atom is -0.494 e. The van der Waals surface area contributed by atoms with Crippen molar-refractivity contribution in [1.82, 2.24) is 15.1 Å². The molecule has 0 radical (unpaired) electrons. The maximum absolute atomic E-state index is 15.0. The third kappa shape index (κ3) is 3.71. The maximum atomic E-state index is 15.0. The van der Waals surface area contributed by atoms with Crippen molar-refractivity contribution in [3.8, 4) is 28.6 Å². The molecule has 0 amide bonds. The van der Waals surface area contributed by atoms with Crippen molar-refractivity contribution in [2.75, 3.05) is 26.6 Å². The molecule has 0 unspecified atom stereocenters. The van der Waals surface area contributed by atoms with E-state index in [-0.39, 0.29) is 22.9 Å². The Bertz CT molecular complexity index is 1380. The zero-order valence-electron chi connectivity index (χ0n) is 19.1. The normalized spacial score (nSPS) is 23.9. The first-order valence-corrected chi connectivity index (χ1v) is 12.0. The summed E-state index contributed by atoms with van der Waals surface area (Å²) in [5, 5.41) is 3.97. The molecule has 180 valence electrons. The van der Waals surface area contributed by atoms with Gasteiger partial charge in [0.25, 0.3) is 0 Å². The SMILES string of the molecule is CN=[S@@]1(=O)C[C@@](CF)(c2cc(-c3cc(-c4ncc(OC)cn4)no3)ccc2F)N=C(N)C1(C)C. The molecule has 1 aromatic carbocycles. The number of aromatic nitrogens is 3. The van der Waals surface area contributed by atoms with Crippen LogP contribution in [0, 0.1) is 5.82 Å². The highest BCUT2D eigenvalue weighted by Gasteiger charge is 2.50. The lowest BCUT2D eigenvalue weighted by atomic mass is 9.90. The van der Waals surface area contributed by atoms with Crippen LogP contribution < -0.4 is 10.5 Å². The standard InChI is InChI=1S/C22H24F2N6O3S/c1-21(2)20(25)29-22(11-23,12-34(21,31)26-3)15-7-13(5-6-16(15)24)18-8-17(30-33-18)19-27-9-14(32-4)10-28-19/h5-10H,11-12H2,1-4H3,(H2,25,29)/t22-,34+/m0/s1. The Morgan fingerprint density at radius 3 is 2.59 bits per heavy atom. The Morgan fingerprint density at radius 2 is 1.97 bits per heavy atom. The number of ether oxygens (including phenoxy) is 1. The molecule has 3 aromatic rings. The molecule has 12 heteroatoms. The van der Waals surface area contributed by atoms with Gasteiger partial charge in [-0.1, -0.05) is 5.16 Å². The summed E-state index contributed by atoms with van der Waals surface area (Å²) in [6.07, 6.45) is 2.97. The molecule has 0 fully saturated rings. The fraction of sp³-hybridized carbons (Fsp3) is 0.364. The first-order valence-electron chi connectivity index (χ1n) is 10.3. The lowest BCUT2D eigenvalue weighted by molar-refractivity contribution is 0.326. The molecule has 2 N–H and O–H groups in total. The van der Waals surface area contributed by atoms with Crippen molar-refractivity contribution in [1.29, 1.82) is 0 Å². The second kappa shape index (κ2) is 8.42. The van der Waals surface area contributed by atoms with Crippen LogP contribution in [0.4, 0.5) is 8.78 Å². The van der Waals surface area contributed by atoms with Gasteiger partial charge < -0.3 is 15.0 Å². The number of amidine groups is 1. The molecule has 1 aliphatic rings. The highest BCUT2D eigenvalue weighted by molar-refractivity contribution is 7.95. The molecule has 0 bridgehead atoms. The van der Waals surface area contributed by atoms with E-state index >= 15 is 4.39 Å².